The molecule has 0 atom stereocenters. The molecular weight excluding hydrogens is 288 g/mol. The van der Waals surface area contributed by atoms with Crippen molar-refractivity contribution in [3.05, 3.63) is 29.2 Å². The summed E-state index contributed by atoms with van der Waals surface area (Å²) in [4.78, 5) is -0.0403. The van der Waals surface area contributed by atoms with Crippen molar-refractivity contribution in [2.75, 3.05) is 5.75 Å². The summed E-state index contributed by atoms with van der Waals surface area (Å²) in [7, 11) is -7.10. The SMILES string of the molecule is CC(C)S(=O)(=O)CC1=CS(=O)(=O)c2cccc(O)c21. The van der Waals surface area contributed by atoms with Gasteiger partial charge >= 0.3 is 0 Å². The molecule has 1 aliphatic heterocycles. The lowest BCUT2D eigenvalue weighted by atomic mass is 10.1. The molecule has 0 aromatic heterocycles. The number of sulfone groups is 2. The first-order valence-corrected chi connectivity index (χ1v) is 8.91. The van der Waals surface area contributed by atoms with Gasteiger partial charge in [-0.1, -0.05) is 6.07 Å². The van der Waals surface area contributed by atoms with Crippen LogP contribution in [-0.4, -0.2) is 32.9 Å². The standard InChI is InChI=1S/C12H14O5S2/c1-8(2)18(14,15)6-9-7-19(16,17)11-5-3-4-10(13)12(9)11/h3-5,7-8,13H,6H2,1-2H3. The van der Waals surface area contributed by atoms with E-state index in [4.69, 9.17) is 0 Å². The Bertz CT molecular complexity index is 755. The zero-order valence-corrected chi connectivity index (χ0v) is 12.1. The van der Waals surface area contributed by atoms with E-state index in [1.165, 1.54) is 32.0 Å². The lowest BCUT2D eigenvalue weighted by Gasteiger charge is -2.10. The molecule has 0 saturated carbocycles. The summed E-state index contributed by atoms with van der Waals surface area (Å²) in [5.74, 6) is -0.613. The highest BCUT2D eigenvalue weighted by molar-refractivity contribution is 7.95. The molecule has 1 aromatic carbocycles. The van der Waals surface area contributed by atoms with E-state index < -0.39 is 30.7 Å². The normalized spacial score (nSPS) is 17.3. The third-order valence-corrected chi connectivity index (χ3v) is 6.70. The maximum Gasteiger partial charge on any atom is 0.200 e. The third kappa shape index (κ3) is 2.40. The molecule has 0 spiro atoms. The van der Waals surface area contributed by atoms with Gasteiger partial charge in [-0.2, -0.15) is 0 Å². The Morgan fingerprint density at radius 3 is 2.47 bits per heavy atom. The van der Waals surface area contributed by atoms with E-state index in [0.29, 0.717) is 0 Å². The van der Waals surface area contributed by atoms with Crippen molar-refractivity contribution in [3.8, 4) is 5.75 Å². The Morgan fingerprint density at radius 1 is 1.26 bits per heavy atom. The van der Waals surface area contributed by atoms with E-state index in [0.717, 1.165) is 5.41 Å². The average Bonchev–Trinajstić information content (AvgIpc) is 2.51. The van der Waals surface area contributed by atoms with Gasteiger partial charge in [-0.25, -0.2) is 16.8 Å². The molecule has 0 fully saturated rings. The quantitative estimate of drug-likeness (QED) is 0.910. The molecule has 0 amide bonds. The summed E-state index contributed by atoms with van der Waals surface area (Å²) >= 11 is 0. The van der Waals surface area contributed by atoms with Crippen LogP contribution >= 0.6 is 0 Å². The minimum atomic E-state index is -3.66. The maximum absolute atomic E-state index is 11.9. The lowest BCUT2D eigenvalue weighted by molar-refractivity contribution is 0.471. The van der Waals surface area contributed by atoms with E-state index in [1.807, 2.05) is 0 Å². The van der Waals surface area contributed by atoms with Gasteiger partial charge in [-0.3, -0.25) is 0 Å². The summed E-state index contributed by atoms with van der Waals surface area (Å²) in [6.45, 7) is 3.07. The Balaban J connectivity index is 2.59. The molecule has 1 N–H and O–H groups in total. The molecule has 0 bridgehead atoms. The summed E-state index contributed by atoms with van der Waals surface area (Å²) < 4.78 is 47.6. The number of phenolic OH excluding ortho intramolecular Hbond substituents is 1. The van der Waals surface area contributed by atoms with Crippen LogP contribution in [0.3, 0.4) is 0 Å². The van der Waals surface area contributed by atoms with Crippen LogP contribution < -0.4 is 0 Å². The maximum atomic E-state index is 11.9. The first-order chi connectivity index (χ1) is 8.65. The minimum absolute atomic E-state index is 0.0403. The summed E-state index contributed by atoms with van der Waals surface area (Å²) in [5, 5.41) is 10.1. The Morgan fingerprint density at radius 2 is 1.89 bits per heavy atom. The van der Waals surface area contributed by atoms with Crippen molar-refractivity contribution >= 4 is 25.2 Å². The lowest BCUT2D eigenvalue weighted by Crippen LogP contribution is -2.18. The molecule has 0 unspecified atom stereocenters. The molecule has 1 heterocycles. The number of hydrogen-bond donors (Lipinski definition) is 1. The molecule has 104 valence electrons. The molecule has 1 aromatic rings. The van der Waals surface area contributed by atoms with E-state index in [1.54, 1.807) is 0 Å². The van der Waals surface area contributed by atoms with Gasteiger partial charge in [0.25, 0.3) is 0 Å². The van der Waals surface area contributed by atoms with Gasteiger partial charge in [0.15, 0.2) is 9.84 Å². The Kier molecular flexibility index (Phi) is 3.22. The van der Waals surface area contributed by atoms with Gasteiger partial charge in [0, 0.05) is 11.0 Å². The van der Waals surface area contributed by atoms with Crippen LogP contribution in [0.25, 0.3) is 5.57 Å². The first kappa shape index (κ1) is 14.1. The van der Waals surface area contributed by atoms with Crippen LogP contribution in [0, 0.1) is 0 Å². The highest BCUT2D eigenvalue weighted by Crippen LogP contribution is 2.39. The van der Waals surface area contributed by atoms with E-state index >= 15 is 0 Å². The Hall–Kier alpha value is -1.34. The number of rotatable bonds is 3. The van der Waals surface area contributed by atoms with E-state index in [-0.39, 0.29) is 21.8 Å². The molecular formula is C12H14O5S2. The average molecular weight is 302 g/mol. The molecule has 2 rings (SSSR count). The van der Waals surface area contributed by atoms with Crippen LogP contribution in [0.1, 0.15) is 19.4 Å². The van der Waals surface area contributed by atoms with Crippen molar-refractivity contribution < 1.29 is 21.9 Å². The fraction of sp³-hybridized carbons (Fsp3) is 0.333. The van der Waals surface area contributed by atoms with Gasteiger partial charge in [0.2, 0.25) is 9.84 Å². The highest BCUT2D eigenvalue weighted by Gasteiger charge is 2.32. The van der Waals surface area contributed by atoms with Crippen LogP contribution in [0.4, 0.5) is 0 Å². The molecule has 1 aliphatic rings. The number of benzene rings is 1. The second-order valence-electron chi connectivity index (χ2n) is 4.69. The predicted octanol–water partition coefficient (Wildman–Crippen LogP) is 1.34. The topological polar surface area (TPSA) is 88.5 Å². The fourth-order valence-electron chi connectivity index (χ4n) is 1.88. The van der Waals surface area contributed by atoms with Crippen molar-refractivity contribution in [1.82, 2.24) is 0 Å². The van der Waals surface area contributed by atoms with E-state index in [9.17, 15) is 21.9 Å². The zero-order valence-electron chi connectivity index (χ0n) is 10.5. The number of aromatic hydroxyl groups is 1. The van der Waals surface area contributed by atoms with E-state index in [2.05, 4.69) is 0 Å². The second kappa shape index (κ2) is 4.35. The summed E-state index contributed by atoms with van der Waals surface area (Å²) in [5.41, 5.74) is 0.230. The third-order valence-electron chi connectivity index (χ3n) is 3.00. The largest absolute Gasteiger partial charge is 0.507 e. The molecule has 0 aliphatic carbocycles. The van der Waals surface area contributed by atoms with Crippen molar-refractivity contribution in [3.63, 3.8) is 0 Å². The number of phenols is 1. The molecule has 0 saturated heterocycles. The zero-order chi connectivity index (χ0) is 14.4. The van der Waals surface area contributed by atoms with Gasteiger partial charge < -0.3 is 5.11 Å². The Labute approximate surface area is 112 Å². The monoisotopic (exact) mass is 302 g/mol. The fourth-order valence-corrected chi connectivity index (χ4v) is 4.47. The van der Waals surface area contributed by atoms with Crippen LogP contribution in [0.15, 0.2) is 28.5 Å². The number of fused-ring (bicyclic) bond motifs is 1. The number of hydrogen-bond acceptors (Lipinski definition) is 5. The van der Waals surface area contributed by atoms with Gasteiger partial charge in [-0.05, 0) is 31.6 Å². The van der Waals surface area contributed by atoms with Crippen molar-refractivity contribution in [2.24, 2.45) is 0 Å². The van der Waals surface area contributed by atoms with Crippen molar-refractivity contribution in [2.45, 2.75) is 24.0 Å². The molecule has 0 radical (unpaired) electrons. The van der Waals surface area contributed by atoms with Crippen molar-refractivity contribution in [1.29, 1.82) is 0 Å². The smallest absolute Gasteiger partial charge is 0.200 e. The van der Waals surface area contributed by atoms with Crippen LogP contribution in [0.5, 0.6) is 5.75 Å². The second-order valence-corrected chi connectivity index (χ2v) is 9.02. The summed E-state index contributed by atoms with van der Waals surface area (Å²) in [6.07, 6.45) is 0. The molecule has 7 heteroatoms. The summed E-state index contributed by atoms with van der Waals surface area (Å²) in [6, 6.07) is 4.12. The van der Waals surface area contributed by atoms with Gasteiger partial charge in [-0.15, -0.1) is 0 Å². The molecule has 19 heavy (non-hydrogen) atoms. The predicted molar refractivity (Wildman–Crippen MR) is 72.2 cm³/mol. The van der Waals surface area contributed by atoms with Crippen LogP contribution in [-0.2, 0) is 19.7 Å². The highest BCUT2D eigenvalue weighted by atomic mass is 32.2. The minimum Gasteiger partial charge on any atom is -0.507 e. The van der Waals surface area contributed by atoms with Crippen LogP contribution in [0.2, 0.25) is 0 Å². The van der Waals surface area contributed by atoms with Gasteiger partial charge in [0.05, 0.1) is 15.9 Å². The van der Waals surface area contributed by atoms with Gasteiger partial charge in [0.1, 0.15) is 5.75 Å². The molecule has 5 nitrogen and oxygen atoms in total. The first-order valence-electron chi connectivity index (χ1n) is 5.65.